The number of carbonyl (C=O) groups is 1. The predicted octanol–water partition coefficient (Wildman–Crippen LogP) is 0.560. The second-order valence-electron chi connectivity index (χ2n) is 4.26. The van der Waals surface area contributed by atoms with Crippen LogP contribution in [0.15, 0.2) is 0 Å². The summed E-state index contributed by atoms with van der Waals surface area (Å²) in [7, 11) is -3.65. The summed E-state index contributed by atoms with van der Waals surface area (Å²) in [5.74, 6) is -1.12. The highest BCUT2D eigenvalue weighted by molar-refractivity contribution is 7.87. The van der Waals surface area contributed by atoms with E-state index in [9.17, 15) is 13.2 Å². The molecular weight excluding hydrogens is 244 g/mol. The molecule has 1 atom stereocenters. The van der Waals surface area contributed by atoms with E-state index in [1.165, 1.54) is 4.31 Å². The molecule has 0 saturated carbocycles. The second kappa shape index (κ2) is 6.32. The third kappa shape index (κ3) is 4.25. The standard InChI is InChI=1S/C10H20N2O4S/c1-2-6-9(10(13)14)11-17(15,16)12-7-4-3-5-8-12/h9,11H,2-8H2,1H3,(H,13,14)/t9-/m1/s1. The molecule has 2 N–H and O–H groups in total. The highest BCUT2D eigenvalue weighted by Gasteiger charge is 2.29. The average Bonchev–Trinajstić information content (AvgIpc) is 2.29. The summed E-state index contributed by atoms with van der Waals surface area (Å²) in [6.45, 7) is 2.78. The van der Waals surface area contributed by atoms with Gasteiger partial charge in [-0.15, -0.1) is 0 Å². The van der Waals surface area contributed by atoms with Gasteiger partial charge < -0.3 is 5.11 Å². The number of hydrogen-bond donors (Lipinski definition) is 2. The van der Waals surface area contributed by atoms with Crippen LogP contribution in [0.3, 0.4) is 0 Å². The number of hydrogen-bond acceptors (Lipinski definition) is 3. The Bertz CT molecular complexity index is 349. The van der Waals surface area contributed by atoms with Crippen molar-refractivity contribution < 1.29 is 18.3 Å². The number of nitrogens with one attached hydrogen (secondary N) is 1. The Kier molecular flexibility index (Phi) is 5.35. The van der Waals surface area contributed by atoms with E-state index >= 15 is 0 Å². The first-order valence-corrected chi connectivity index (χ1v) is 7.41. The first kappa shape index (κ1) is 14.4. The summed E-state index contributed by atoms with van der Waals surface area (Å²) in [4.78, 5) is 10.9. The van der Waals surface area contributed by atoms with Crippen molar-refractivity contribution in [3.63, 3.8) is 0 Å². The van der Waals surface area contributed by atoms with Crippen LogP contribution in [0.5, 0.6) is 0 Å². The molecule has 100 valence electrons. The van der Waals surface area contributed by atoms with Crippen molar-refractivity contribution in [2.24, 2.45) is 0 Å². The third-order valence-electron chi connectivity index (χ3n) is 2.82. The summed E-state index contributed by atoms with van der Waals surface area (Å²) in [5, 5.41) is 8.92. The van der Waals surface area contributed by atoms with Crippen molar-refractivity contribution in [1.29, 1.82) is 0 Å². The molecule has 0 unspecified atom stereocenters. The zero-order valence-electron chi connectivity index (χ0n) is 10.1. The quantitative estimate of drug-likeness (QED) is 0.734. The van der Waals surface area contributed by atoms with Gasteiger partial charge in [-0.2, -0.15) is 17.4 Å². The van der Waals surface area contributed by atoms with Crippen LogP contribution in [-0.2, 0) is 15.0 Å². The topological polar surface area (TPSA) is 86.7 Å². The fourth-order valence-corrected chi connectivity index (χ4v) is 3.35. The smallest absolute Gasteiger partial charge is 0.321 e. The molecule has 1 heterocycles. The molecule has 0 aromatic rings. The predicted molar refractivity (Wildman–Crippen MR) is 63.8 cm³/mol. The SMILES string of the molecule is CCC[C@@H](NS(=O)(=O)N1CCCCC1)C(=O)O. The molecule has 0 aliphatic carbocycles. The lowest BCUT2D eigenvalue weighted by Crippen LogP contribution is -2.49. The molecule has 7 heteroatoms. The van der Waals surface area contributed by atoms with Crippen LogP contribution < -0.4 is 4.72 Å². The minimum Gasteiger partial charge on any atom is -0.480 e. The Morgan fingerprint density at radius 2 is 1.94 bits per heavy atom. The van der Waals surface area contributed by atoms with Gasteiger partial charge in [0.15, 0.2) is 0 Å². The molecule has 1 fully saturated rings. The molecule has 1 saturated heterocycles. The number of carboxylic acids is 1. The lowest BCUT2D eigenvalue weighted by atomic mass is 10.2. The molecule has 0 spiro atoms. The second-order valence-corrected chi connectivity index (χ2v) is 5.96. The molecule has 0 aromatic heterocycles. The zero-order valence-corrected chi connectivity index (χ0v) is 10.9. The van der Waals surface area contributed by atoms with E-state index in [1.54, 1.807) is 0 Å². The molecular formula is C10H20N2O4S. The van der Waals surface area contributed by atoms with Crippen LogP contribution in [0.2, 0.25) is 0 Å². The van der Waals surface area contributed by atoms with Crippen molar-refractivity contribution in [3.05, 3.63) is 0 Å². The van der Waals surface area contributed by atoms with Gasteiger partial charge in [-0.05, 0) is 19.3 Å². The van der Waals surface area contributed by atoms with Gasteiger partial charge in [-0.3, -0.25) is 4.79 Å². The van der Waals surface area contributed by atoms with Crippen molar-refractivity contribution in [2.75, 3.05) is 13.1 Å². The van der Waals surface area contributed by atoms with Crippen LogP contribution in [-0.4, -0.2) is 42.9 Å². The van der Waals surface area contributed by atoms with E-state index in [0.717, 1.165) is 19.3 Å². The average molecular weight is 264 g/mol. The van der Waals surface area contributed by atoms with Crippen molar-refractivity contribution in [2.45, 2.75) is 45.1 Å². The van der Waals surface area contributed by atoms with Crippen molar-refractivity contribution in [1.82, 2.24) is 9.03 Å². The lowest BCUT2D eigenvalue weighted by molar-refractivity contribution is -0.139. The maximum absolute atomic E-state index is 11.9. The Morgan fingerprint density at radius 3 is 2.41 bits per heavy atom. The van der Waals surface area contributed by atoms with Crippen LogP contribution in [0.4, 0.5) is 0 Å². The number of piperidine rings is 1. The van der Waals surface area contributed by atoms with E-state index in [0.29, 0.717) is 25.9 Å². The fraction of sp³-hybridized carbons (Fsp3) is 0.900. The van der Waals surface area contributed by atoms with Gasteiger partial charge in [-0.1, -0.05) is 19.8 Å². The highest BCUT2D eigenvalue weighted by Crippen LogP contribution is 2.13. The lowest BCUT2D eigenvalue weighted by Gasteiger charge is -2.27. The van der Waals surface area contributed by atoms with E-state index in [4.69, 9.17) is 5.11 Å². The van der Waals surface area contributed by atoms with E-state index in [1.807, 2.05) is 6.92 Å². The largest absolute Gasteiger partial charge is 0.480 e. The maximum Gasteiger partial charge on any atom is 0.321 e. The van der Waals surface area contributed by atoms with E-state index in [2.05, 4.69) is 4.72 Å². The van der Waals surface area contributed by atoms with Crippen molar-refractivity contribution in [3.8, 4) is 0 Å². The van der Waals surface area contributed by atoms with Crippen LogP contribution in [0.25, 0.3) is 0 Å². The van der Waals surface area contributed by atoms with Crippen molar-refractivity contribution >= 4 is 16.2 Å². The molecule has 1 aliphatic rings. The monoisotopic (exact) mass is 264 g/mol. The number of nitrogens with zero attached hydrogens (tertiary/aromatic N) is 1. The number of carboxylic acid groups (broad SMARTS) is 1. The van der Waals surface area contributed by atoms with Gasteiger partial charge in [-0.25, -0.2) is 0 Å². The molecule has 1 aliphatic heterocycles. The molecule has 1 rings (SSSR count). The Hall–Kier alpha value is -0.660. The normalized spacial score (nSPS) is 20.1. The molecule has 0 bridgehead atoms. The summed E-state index contributed by atoms with van der Waals surface area (Å²) in [6.07, 6.45) is 3.64. The third-order valence-corrected chi connectivity index (χ3v) is 4.45. The Labute approximate surface area is 102 Å². The van der Waals surface area contributed by atoms with Gasteiger partial charge in [0.05, 0.1) is 0 Å². The van der Waals surface area contributed by atoms with E-state index < -0.39 is 22.2 Å². The van der Waals surface area contributed by atoms with Gasteiger partial charge in [0.25, 0.3) is 10.2 Å². The molecule has 17 heavy (non-hydrogen) atoms. The minimum absolute atomic E-state index is 0.308. The zero-order chi connectivity index (χ0) is 12.9. The Balaban J connectivity index is 2.65. The molecule has 0 aromatic carbocycles. The first-order valence-electron chi connectivity index (χ1n) is 5.97. The molecule has 0 amide bonds. The summed E-state index contributed by atoms with van der Waals surface area (Å²) >= 11 is 0. The minimum atomic E-state index is -3.65. The number of rotatable bonds is 6. The summed E-state index contributed by atoms with van der Waals surface area (Å²) < 4.78 is 27.5. The van der Waals surface area contributed by atoms with Crippen LogP contribution >= 0.6 is 0 Å². The van der Waals surface area contributed by atoms with Gasteiger partial charge in [0.1, 0.15) is 6.04 Å². The van der Waals surface area contributed by atoms with Gasteiger partial charge in [0, 0.05) is 13.1 Å². The molecule has 0 radical (unpaired) electrons. The van der Waals surface area contributed by atoms with Gasteiger partial charge in [0.2, 0.25) is 0 Å². The first-order chi connectivity index (χ1) is 7.97. The molecule has 6 nitrogen and oxygen atoms in total. The van der Waals surface area contributed by atoms with Gasteiger partial charge >= 0.3 is 5.97 Å². The van der Waals surface area contributed by atoms with Crippen LogP contribution in [0.1, 0.15) is 39.0 Å². The summed E-state index contributed by atoms with van der Waals surface area (Å²) in [5.41, 5.74) is 0. The van der Waals surface area contributed by atoms with E-state index in [-0.39, 0.29) is 0 Å². The Morgan fingerprint density at radius 1 is 1.35 bits per heavy atom. The fourth-order valence-electron chi connectivity index (χ4n) is 1.88. The maximum atomic E-state index is 11.9. The summed E-state index contributed by atoms with van der Waals surface area (Å²) in [6, 6.07) is -1.02. The highest BCUT2D eigenvalue weighted by atomic mass is 32.2. The van der Waals surface area contributed by atoms with Crippen LogP contribution in [0, 0.1) is 0 Å². The number of aliphatic carboxylic acids is 1.